The molecule has 0 amide bonds. The second kappa shape index (κ2) is 2.97. The summed E-state index contributed by atoms with van der Waals surface area (Å²) in [5, 5.41) is 0. The fourth-order valence-electron chi connectivity index (χ4n) is 1.72. The smallest absolute Gasteiger partial charge is 0.124 e. The van der Waals surface area contributed by atoms with E-state index in [0.29, 0.717) is 5.92 Å². The average Bonchev–Trinajstić information content (AvgIpc) is 2.55. The van der Waals surface area contributed by atoms with Crippen LogP contribution in [0.25, 0.3) is 0 Å². The summed E-state index contributed by atoms with van der Waals surface area (Å²) in [7, 11) is 0. The Kier molecular flexibility index (Phi) is 1.98. The van der Waals surface area contributed by atoms with Gasteiger partial charge in [-0.25, -0.2) is 4.98 Å². The molecule has 0 spiro atoms. The summed E-state index contributed by atoms with van der Waals surface area (Å²) in [5.74, 6) is 1.86. The van der Waals surface area contributed by atoms with Crippen molar-refractivity contribution in [3.05, 3.63) is 16.6 Å². The first-order valence-electron chi connectivity index (χ1n) is 4.07. The Morgan fingerprint density at radius 1 is 1.45 bits per heavy atom. The van der Waals surface area contributed by atoms with Gasteiger partial charge in [0, 0.05) is 12.1 Å². The molecule has 1 saturated carbocycles. The fraction of sp³-hybridized carbons (Fsp3) is 0.625. The molecule has 3 heteroatoms. The standard InChI is InChI=1S/C8H11BrN2/c9-7-5-10-8(11-7)6-3-1-2-4-6/h5-6H,1-4H2,(H,10,11). The van der Waals surface area contributed by atoms with E-state index in [1.807, 2.05) is 6.20 Å². The van der Waals surface area contributed by atoms with Crippen LogP contribution in [0.3, 0.4) is 0 Å². The molecule has 0 saturated heterocycles. The molecule has 0 bridgehead atoms. The number of halogens is 1. The lowest BCUT2D eigenvalue weighted by Crippen LogP contribution is -1.93. The zero-order valence-corrected chi connectivity index (χ0v) is 7.89. The normalized spacial score (nSPS) is 19.4. The zero-order valence-electron chi connectivity index (χ0n) is 6.31. The highest BCUT2D eigenvalue weighted by Gasteiger charge is 2.19. The van der Waals surface area contributed by atoms with Gasteiger partial charge in [0.2, 0.25) is 0 Å². The molecule has 0 unspecified atom stereocenters. The molecule has 1 aliphatic rings. The minimum atomic E-state index is 0.696. The van der Waals surface area contributed by atoms with Crippen molar-refractivity contribution in [3.8, 4) is 0 Å². The number of H-pyrrole nitrogens is 1. The third kappa shape index (κ3) is 1.48. The van der Waals surface area contributed by atoms with Gasteiger partial charge in [-0.15, -0.1) is 0 Å². The molecule has 1 aromatic rings. The van der Waals surface area contributed by atoms with E-state index in [0.717, 1.165) is 10.4 Å². The summed E-state index contributed by atoms with van der Waals surface area (Å²) in [4.78, 5) is 7.54. The second-order valence-corrected chi connectivity index (χ2v) is 3.90. The Bertz CT molecular complexity index is 238. The molecule has 11 heavy (non-hydrogen) atoms. The molecule has 0 atom stereocenters. The van der Waals surface area contributed by atoms with E-state index in [-0.39, 0.29) is 0 Å². The topological polar surface area (TPSA) is 28.7 Å². The number of aromatic amines is 1. The van der Waals surface area contributed by atoms with Crippen LogP contribution >= 0.6 is 15.9 Å². The highest BCUT2D eigenvalue weighted by atomic mass is 79.9. The molecule has 2 nitrogen and oxygen atoms in total. The van der Waals surface area contributed by atoms with Gasteiger partial charge in [0.1, 0.15) is 10.4 Å². The maximum atomic E-state index is 4.35. The predicted molar refractivity (Wildman–Crippen MR) is 47.5 cm³/mol. The molecule has 1 N–H and O–H groups in total. The van der Waals surface area contributed by atoms with E-state index in [9.17, 15) is 0 Å². The maximum Gasteiger partial charge on any atom is 0.124 e. The average molecular weight is 215 g/mol. The quantitative estimate of drug-likeness (QED) is 0.766. The number of rotatable bonds is 1. The van der Waals surface area contributed by atoms with Gasteiger partial charge in [-0.05, 0) is 28.8 Å². The molecule has 0 aromatic carbocycles. The van der Waals surface area contributed by atoms with Crippen LogP contribution in [-0.4, -0.2) is 9.97 Å². The summed E-state index contributed by atoms with van der Waals surface area (Å²) in [6, 6.07) is 0. The van der Waals surface area contributed by atoms with Crippen molar-refractivity contribution in [3.63, 3.8) is 0 Å². The van der Waals surface area contributed by atoms with Crippen molar-refractivity contribution < 1.29 is 0 Å². The van der Waals surface area contributed by atoms with Gasteiger partial charge in [0.05, 0.1) is 0 Å². The lowest BCUT2D eigenvalue weighted by Gasteiger charge is -2.02. The van der Waals surface area contributed by atoms with Gasteiger partial charge in [-0.2, -0.15) is 0 Å². The molecule has 0 radical (unpaired) electrons. The van der Waals surface area contributed by atoms with Crippen LogP contribution in [0.5, 0.6) is 0 Å². The van der Waals surface area contributed by atoms with Crippen LogP contribution in [0.4, 0.5) is 0 Å². The molecule has 1 fully saturated rings. The minimum absolute atomic E-state index is 0.696. The Morgan fingerprint density at radius 3 is 2.73 bits per heavy atom. The summed E-state index contributed by atoms with van der Waals surface area (Å²) in [6.45, 7) is 0. The Labute approximate surface area is 74.5 Å². The third-order valence-corrected chi connectivity index (χ3v) is 2.71. The number of imidazole rings is 1. The van der Waals surface area contributed by atoms with Gasteiger partial charge in [-0.3, -0.25) is 0 Å². The van der Waals surface area contributed by atoms with E-state index >= 15 is 0 Å². The highest BCUT2D eigenvalue weighted by molar-refractivity contribution is 9.10. The predicted octanol–water partition coefficient (Wildman–Crippen LogP) is 2.83. The fourth-order valence-corrected chi connectivity index (χ4v) is 2.03. The maximum absolute atomic E-state index is 4.35. The SMILES string of the molecule is Brc1c[nH]c(C2CCCC2)n1. The van der Waals surface area contributed by atoms with Gasteiger partial charge >= 0.3 is 0 Å². The molecule has 1 heterocycles. The summed E-state index contributed by atoms with van der Waals surface area (Å²) < 4.78 is 0.930. The minimum Gasteiger partial charge on any atom is -0.347 e. The van der Waals surface area contributed by atoms with Crippen molar-refractivity contribution >= 4 is 15.9 Å². The van der Waals surface area contributed by atoms with Crippen LogP contribution in [0.1, 0.15) is 37.4 Å². The van der Waals surface area contributed by atoms with E-state index in [2.05, 4.69) is 25.9 Å². The highest BCUT2D eigenvalue weighted by Crippen LogP contribution is 2.32. The molecule has 1 aromatic heterocycles. The Balaban J connectivity index is 2.15. The lowest BCUT2D eigenvalue weighted by molar-refractivity contribution is 0.677. The van der Waals surface area contributed by atoms with Gasteiger partial charge in [0.25, 0.3) is 0 Å². The van der Waals surface area contributed by atoms with Gasteiger partial charge < -0.3 is 4.98 Å². The van der Waals surface area contributed by atoms with Crippen LogP contribution in [0.15, 0.2) is 10.8 Å². The molecule has 1 aliphatic carbocycles. The Morgan fingerprint density at radius 2 is 2.18 bits per heavy atom. The van der Waals surface area contributed by atoms with E-state index in [1.54, 1.807) is 0 Å². The monoisotopic (exact) mass is 214 g/mol. The van der Waals surface area contributed by atoms with Crippen LogP contribution < -0.4 is 0 Å². The number of hydrogen-bond acceptors (Lipinski definition) is 1. The third-order valence-electron chi connectivity index (χ3n) is 2.31. The number of aromatic nitrogens is 2. The van der Waals surface area contributed by atoms with Gasteiger partial charge in [-0.1, -0.05) is 12.8 Å². The number of nitrogens with one attached hydrogen (secondary N) is 1. The molecule has 0 aliphatic heterocycles. The summed E-state index contributed by atoms with van der Waals surface area (Å²) in [5.41, 5.74) is 0. The number of hydrogen-bond donors (Lipinski definition) is 1. The first kappa shape index (κ1) is 7.35. The molecule has 60 valence electrons. The Hall–Kier alpha value is -0.310. The van der Waals surface area contributed by atoms with Crippen molar-refractivity contribution in [1.29, 1.82) is 0 Å². The second-order valence-electron chi connectivity index (χ2n) is 3.09. The number of nitrogens with zero attached hydrogens (tertiary/aromatic N) is 1. The molecular weight excluding hydrogens is 204 g/mol. The largest absolute Gasteiger partial charge is 0.347 e. The van der Waals surface area contributed by atoms with Crippen LogP contribution in [0.2, 0.25) is 0 Å². The van der Waals surface area contributed by atoms with Gasteiger partial charge in [0.15, 0.2) is 0 Å². The first-order valence-corrected chi connectivity index (χ1v) is 4.86. The van der Waals surface area contributed by atoms with E-state index in [4.69, 9.17) is 0 Å². The summed E-state index contributed by atoms with van der Waals surface area (Å²) in [6.07, 6.45) is 7.25. The zero-order chi connectivity index (χ0) is 7.68. The van der Waals surface area contributed by atoms with Crippen LogP contribution in [-0.2, 0) is 0 Å². The molecular formula is C8H11BrN2. The first-order chi connectivity index (χ1) is 5.36. The van der Waals surface area contributed by atoms with E-state index < -0.39 is 0 Å². The van der Waals surface area contributed by atoms with Crippen molar-refractivity contribution in [2.24, 2.45) is 0 Å². The van der Waals surface area contributed by atoms with Crippen LogP contribution in [0, 0.1) is 0 Å². The lowest BCUT2D eigenvalue weighted by atomic mass is 10.1. The van der Waals surface area contributed by atoms with Crippen molar-refractivity contribution in [2.45, 2.75) is 31.6 Å². The van der Waals surface area contributed by atoms with Crippen molar-refractivity contribution in [2.75, 3.05) is 0 Å². The molecule has 2 rings (SSSR count). The summed E-state index contributed by atoms with van der Waals surface area (Å²) >= 11 is 3.34. The van der Waals surface area contributed by atoms with E-state index in [1.165, 1.54) is 25.7 Å². The van der Waals surface area contributed by atoms with Crippen molar-refractivity contribution in [1.82, 2.24) is 9.97 Å².